The average molecular weight is 500 g/mol. The molecule has 0 unspecified atom stereocenters. The van der Waals surface area contributed by atoms with E-state index >= 15 is 0 Å². The first-order valence-electron chi connectivity index (χ1n) is 13.1. The van der Waals surface area contributed by atoms with Gasteiger partial charge in [-0.25, -0.2) is 4.68 Å². The zero-order valence-corrected chi connectivity index (χ0v) is 21.3. The standard InChI is InChI=1S/C36H25N3/c1-6-16-26(17-7-1)31-32(27-18-8-2-9-19-27)34(29-22-12-4-13-23-29)36-35(33(31)28-20-10-3-11-21-28)37-38-39(36)30-24-14-5-15-25-30/h1-25H. The molecule has 1 aromatic heterocycles. The first-order chi connectivity index (χ1) is 19.4. The van der Waals surface area contributed by atoms with Crippen molar-refractivity contribution in [1.29, 1.82) is 0 Å². The molecule has 7 rings (SSSR count). The lowest BCUT2D eigenvalue weighted by Gasteiger charge is -2.22. The van der Waals surface area contributed by atoms with E-state index in [2.05, 4.69) is 133 Å². The molecule has 3 nitrogen and oxygen atoms in total. The Labute approximate surface area is 227 Å². The molecular weight excluding hydrogens is 474 g/mol. The van der Waals surface area contributed by atoms with Crippen molar-refractivity contribution in [2.24, 2.45) is 0 Å². The van der Waals surface area contributed by atoms with Crippen molar-refractivity contribution in [3.8, 4) is 50.2 Å². The largest absolute Gasteiger partial charge is 0.212 e. The molecule has 1 heterocycles. The van der Waals surface area contributed by atoms with Crippen molar-refractivity contribution in [3.63, 3.8) is 0 Å². The summed E-state index contributed by atoms with van der Waals surface area (Å²) in [5, 5.41) is 9.67. The van der Waals surface area contributed by atoms with Crippen LogP contribution >= 0.6 is 0 Å². The highest BCUT2D eigenvalue weighted by Gasteiger charge is 2.27. The normalized spacial score (nSPS) is 11.1. The third-order valence-corrected chi connectivity index (χ3v) is 7.14. The Morgan fingerprint density at radius 3 is 1.18 bits per heavy atom. The molecule has 0 atom stereocenters. The molecule has 0 aliphatic rings. The van der Waals surface area contributed by atoms with Gasteiger partial charge in [0.25, 0.3) is 0 Å². The van der Waals surface area contributed by atoms with Crippen molar-refractivity contribution >= 4 is 11.0 Å². The van der Waals surface area contributed by atoms with Gasteiger partial charge in [-0.3, -0.25) is 0 Å². The van der Waals surface area contributed by atoms with E-state index in [9.17, 15) is 0 Å². The molecule has 184 valence electrons. The Morgan fingerprint density at radius 1 is 0.359 bits per heavy atom. The summed E-state index contributed by atoms with van der Waals surface area (Å²) in [5.41, 5.74) is 11.9. The maximum absolute atomic E-state index is 4.89. The zero-order valence-electron chi connectivity index (χ0n) is 21.3. The van der Waals surface area contributed by atoms with Crippen molar-refractivity contribution < 1.29 is 0 Å². The second-order valence-corrected chi connectivity index (χ2v) is 9.50. The lowest BCUT2D eigenvalue weighted by atomic mass is 9.81. The summed E-state index contributed by atoms with van der Waals surface area (Å²) in [5.74, 6) is 0. The quantitative estimate of drug-likeness (QED) is 0.236. The van der Waals surface area contributed by atoms with E-state index in [1.165, 1.54) is 5.56 Å². The molecule has 0 spiro atoms. The number of rotatable bonds is 5. The van der Waals surface area contributed by atoms with Gasteiger partial charge < -0.3 is 0 Å². The maximum atomic E-state index is 4.89. The fourth-order valence-corrected chi connectivity index (χ4v) is 5.47. The number of hydrogen-bond acceptors (Lipinski definition) is 2. The minimum Gasteiger partial charge on any atom is -0.212 e. The second-order valence-electron chi connectivity index (χ2n) is 9.50. The molecule has 0 aliphatic carbocycles. The van der Waals surface area contributed by atoms with Crippen molar-refractivity contribution in [2.45, 2.75) is 0 Å². The highest BCUT2D eigenvalue weighted by molar-refractivity contribution is 6.16. The van der Waals surface area contributed by atoms with Crippen LogP contribution in [0.25, 0.3) is 61.2 Å². The van der Waals surface area contributed by atoms with Gasteiger partial charge in [-0.1, -0.05) is 145 Å². The van der Waals surface area contributed by atoms with E-state index in [4.69, 9.17) is 10.3 Å². The number of hydrogen-bond donors (Lipinski definition) is 0. The van der Waals surface area contributed by atoms with Gasteiger partial charge in [0.15, 0.2) is 0 Å². The predicted octanol–water partition coefficient (Wildman–Crippen LogP) is 9.09. The second kappa shape index (κ2) is 9.88. The lowest BCUT2D eigenvalue weighted by molar-refractivity contribution is 0.824. The van der Waals surface area contributed by atoms with Gasteiger partial charge in [-0.2, -0.15) is 0 Å². The molecule has 0 amide bonds. The summed E-state index contributed by atoms with van der Waals surface area (Å²) in [4.78, 5) is 0. The van der Waals surface area contributed by atoms with Crippen LogP contribution in [0.4, 0.5) is 0 Å². The third kappa shape index (κ3) is 4.01. The number of fused-ring (bicyclic) bond motifs is 1. The van der Waals surface area contributed by atoms with E-state index < -0.39 is 0 Å². The van der Waals surface area contributed by atoms with Crippen molar-refractivity contribution in [3.05, 3.63) is 152 Å². The highest BCUT2D eigenvalue weighted by atomic mass is 15.4. The molecule has 0 N–H and O–H groups in total. The molecule has 0 aliphatic heterocycles. The van der Waals surface area contributed by atoms with Gasteiger partial charge in [0.05, 0.1) is 5.69 Å². The maximum Gasteiger partial charge on any atom is 0.122 e. The number of benzene rings is 6. The number of para-hydroxylation sites is 1. The van der Waals surface area contributed by atoms with E-state index in [-0.39, 0.29) is 0 Å². The molecular formula is C36H25N3. The minimum absolute atomic E-state index is 0.877. The Morgan fingerprint density at radius 2 is 0.718 bits per heavy atom. The van der Waals surface area contributed by atoms with Crippen LogP contribution in [0.5, 0.6) is 0 Å². The van der Waals surface area contributed by atoms with Gasteiger partial charge in [0.2, 0.25) is 0 Å². The first-order valence-corrected chi connectivity index (χ1v) is 13.1. The van der Waals surface area contributed by atoms with Gasteiger partial charge in [-0.05, 0) is 34.4 Å². The zero-order chi connectivity index (χ0) is 26.0. The summed E-state index contributed by atoms with van der Waals surface area (Å²) in [6, 6.07) is 52.8. The highest BCUT2D eigenvalue weighted by Crippen LogP contribution is 2.50. The summed E-state index contributed by atoms with van der Waals surface area (Å²) >= 11 is 0. The SMILES string of the molecule is c1ccc(-c2c(-c3ccccc3)c(-c3ccccc3)c3c(nnn3-c3ccccc3)c2-c2ccccc2)cc1. The van der Waals surface area contributed by atoms with Gasteiger partial charge >= 0.3 is 0 Å². The molecule has 0 fully saturated rings. The van der Waals surface area contributed by atoms with Crippen LogP contribution in [-0.4, -0.2) is 15.0 Å². The number of nitrogens with zero attached hydrogens (tertiary/aromatic N) is 3. The smallest absolute Gasteiger partial charge is 0.122 e. The molecule has 39 heavy (non-hydrogen) atoms. The summed E-state index contributed by atoms with van der Waals surface area (Å²) in [6.45, 7) is 0. The van der Waals surface area contributed by atoms with Crippen LogP contribution in [-0.2, 0) is 0 Å². The third-order valence-electron chi connectivity index (χ3n) is 7.14. The van der Waals surface area contributed by atoms with Gasteiger partial charge in [0, 0.05) is 22.3 Å². The Hall–Kier alpha value is -5.28. The number of aromatic nitrogens is 3. The van der Waals surface area contributed by atoms with Crippen LogP contribution in [0, 0.1) is 0 Å². The van der Waals surface area contributed by atoms with E-state index in [0.29, 0.717) is 0 Å². The predicted molar refractivity (Wildman–Crippen MR) is 161 cm³/mol. The van der Waals surface area contributed by atoms with Crippen molar-refractivity contribution in [1.82, 2.24) is 15.0 Å². The monoisotopic (exact) mass is 499 g/mol. The molecule has 0 saturated heterocycles. The fourth-order valence-electron chi connectivity index (χ4n) is 5.47. The van der Waals surface area contributed by atoms with E-state index in [1.807, 2.05) is 22.9 Å². The minimum atomic E-state index is 0.877. The average Bonchev–Trinajstić information content (AvgIpc) is 3.47. The fraction of sp³-hybridized carbons (Fsp3) is 0. The first kappa shape index (κ1) is 22.9. The molecule has 3 heteroatoms. The molecule has 0 saturated carbocycles. The van der Waals surface area contributed by atoms with Gasteiger partial charge in [0.1, 0.15) is 11.0 Å². The topological polar surface area (TPSA) is 30.7 Å². The molecule has 6 aromatic carbocycles. The van der Waals surface area contributed by atoms with E-state index in [0.717, 1.165) is 55.7 Å². The van der Waals surface area contributed by atoms with Gasteiger partial charge in [-0.15, -0.1) is 5.10 Å². The Balaban J connectivity index is 1.76. The molecule has 0 radical (unpaired) electrons. The molecule has 0 bridgehead atoms. The van der Waals surface area contributed by atoms with Crippen LogP contribution in [0.2, 0.25) is 0 Å². The van der Waals surface area contributed by atoms with Crippen LogP contribution in [0.1, 0.15) is 0 Å². The summed E-state index contributed by atoms with van der Waals surface area (Å²) in [7, 11) is 0. The lowest BCUT2D eigenvalue weighted by Crippen LogP contribution is -2.01. The van der Waals surface area contributed by atoms with Crippen LogP contribution in [0.3, 0.4) is 0 Å². The van der Waals surface area contributed by atoms with Crippen LogP contribution < -0.4 is 0 Å². The molecule has 7 aromatic rings. The summed E-state index contributed by atoms with van der Waals surface area (Å²) < 4.78 is 1.99. The Bertz CT molecular complexity index is 1860. The van der Waals surface area contributed by atoms with E-state index in [1.54, 1.807) is 0 Å². The van der Waals surface area contributed by atoms with Crippen LogP contribution in [0.15, 0.2) is 152 Å². The summed E-state index contributed by atoms with van der Waals surface area (Å²) in [6.07, 6.45) is 0. The Kier molecular flexibility index (Phi) is 5.80. The van der Waals surface area contributed by atoms with Crippen molar-refractivity contribution in [2.75, 3.05) is 0 Å².